The monoisotopic (exact) mass is 436 g/mol. The highest BCUT2D eigenvalue weighted by atomic mass is 16.3. The van der Waals surface area contributed by atoms with Crippen LogP contribution < -0.4 is 0 Å². The van der Waals surface area contributed by atoms with Crippen LogP contribution in [0.5, 0.6) is 0 Å². The number of fused-ring (bicyclic) bond motifs is 4. The van der Waals surface area contributed by atoms with Gasteiger partial charge in [-0.15, -0.1) is 0 Å². The van der Waals surface area contributed by atoms with E-state index in [9.17, 15) is 9.90 Å². The molecule has 0 unspecified atom stereocenters. The summed E-state index contributed by atoms with van der Waals surface area (Å²) in [5, 5.41) is 10.7. The number of allylic oxidation sites excluding steroid dienone is 7. The zero-order valence-corrected chi connectivity index (χ0v) is 21.4. The summed E-state index contributed by atoms with van der Waals surface area (Å²) >= 11 is 0. The van der Waals surface area contributed by atoms with Crippen molar-refractivity contribution in [1.82, 2.24) is 0 Å². The number of aldehydes is 1. The number of hydrogen-bond donors (Lipinski definition) is 1. The Labute approximate surface area is 195 Å². The highest BCUT2D eigenvalue weighted by Gasteiger charge is 2.67. The van der Waals surface area contributed by atoms with Crippen molar-refractivity contribution in [3.8, 4) is 0 Å². The van der Waals surface area contributed by atoms with Crippen molar-refractivity contribution in [3.63, 3.8) is 0 Å². The lowest BCUT2D eigenvalue weighted by molar-refractivity contribution is -0.132. The molecule has 0 aromatic heterocycles. The standard InChI is InChI=1S/C30H44O2/c1-20(2)9-8-10-21(3)22-15-16-29(7)25-13-11-23-24(12-14-26(32)27(23,4)5)30(25,19-31)18-17-28(22,29)6/h8-11,13,19,21-22,25-26,32H,12,14-18H2,1-7H3/b10-8+/t21-,22-,25+,26+,28-,29+,30-/m1/s1. The average molecular weight is 437 g/mol. The largest absolute Gasteiger partial charge is 0.392 e. The first-order valence-corrected chi connectivity index (χ1v) is 12.8. The van der Waals surface area contributed by atoms with Crippen LogP contribution in [0.1, 0.15) is 87.0 Å². The van der Waals surface area contributed by atoms with Crippen LogP contribution in [0.25, 0.3) is 0 Å². The Kier molecular flexibility index (Phi) is 5.81. The van der Waals surface area contributed by atoms with Crippen LogP contribution >= 0.6 is 0 Å². The molecule has 7 atom stereocenters. The lowest BCUT2D eigenvalue weighted by Gasteiger charge is -2.62. The highest BCUT2D eigenvalue weighted by molar-refractivity contribution is 5.70. The van der Waals surface area contributed by atoms with Crippen molar-refractivity contribution in [2.75, 3.05) is 0 Å². The first kappa shape index (κ1) is 23.7. The maximum absolute atomic E-state index is 13.0. The normalized spacial score (nSPS) is 43.4. The van der Waals surface area contributed by atoms with Crippen LogP contribution in [0.15, 0.2) is 47.1 Å². The van der Waals surface area contributed by atoms with Gasteiger partial charge in [0, 0.05) is 5.41 Å². The molecular weight excluding hydrogens is 392 g/mol. The maximum atomic E-state index is 13.0. The molecule has 176 valence electrons. The maximum Gasteiger partial charge on any atom is 0.130 e. The molecule has 0 bridgehead atoms. The Hall–Kier alpha value is -1.41. The molecule has 0 amide bonds. The van der Waals surface area contributed by atoms with Gasteiger partial charge in [0.15, 0.2) is 0 Å². The summed E-state index contributed by atoms with van der Waals surface area (Å²) in [7, 11) is 0. The van der Waals surface area contributed by atoms with E-state index in [1.54, 1.807) is 0 Å². The fourth-order valence-electron chi connectivity index (χ4n) is 8.32. The lowest BCUT2D eigenvalue weighted by Crippen LogP contribution is -2.57. The van der Waals surface area contributed by atoms with Crippen molar-refractivity contribution in [2.24, 2.45) is 39.4 Å². The van der Waals surface area contributed by atoms with E-state index in [4.69, 9.17) is 0 Å². The predicted molar refractivity (Wildman–Crippen MR) is 133 cm³/mol. The number of hydrogen-bond acceptors (Lipinski definition) is 2. The molecule has 0 heterocycles. The second kappa shape index (κ2) is 7.83. The quantitative estimate of drug-likeness (QED) is 0.373. The van der Waals surface area contributed by atoms with E-state index < -0.39 is 0 Å². The number of carbonyl (C=O) groups excluding carboxylic acids is 1. The van der Waals surface area contributed by atoms with Gasteiger partial charge in [-0.2, -0.15) is 0 Å². The van der Waals surface area contributed by atoms with E-state index in [0.717, 1.165) is 25.7 Å². The Morgan fingerprint density at radius 2 is 1.81 bits per heavy atom. The molecule has 0 spiro atoms. The Morgan fingerprint density at radius 3 is 2.47 bits per heavy atom. The number of aliphatic hydroxyl groups is 1. The van der Waals surface area contributed by atoms with Gasteiger partial charge < -0.3 is 9.90 Å². The van der Waals surface area contributed by atoms with Crippen molar-refractivity contribution < 1.29 is 9.90 Å². The zero-order valence-electron chi connectivity index (χ0n) is 21.4. The molecule has 2 saturated carbocycles. The molecule has 2 nitrogen and oxygen atoms in total. The van der Waals surface area contributed by atoms with Gasteiger partial charge in [0.05, 0.1) is 11.5 Å². The molecule has 4 aliphatic rings. The van der Waals surface area contributed by atoms with E-state index in [2.05, 4.69) is 78.8 Å². The molecule has 1 N–H and O–H groups in total. The predicted octanol–water partition coefficient (Wildman–Crippen LogP) is 7.21. The smallest absolute Gasteiger partial charge is 0.130 e. The van der Waals surface area contributed by atoms with Crippen LogP contribution in [-0.4, -0.2) is 17.5 Å². The zero-order chi connectivity index (χ0) is 23.5. The SMILES string of the molecule is CC(C)=C/C=C/[C@@H](C)[C@H]1CC[C@@]2(C)[C@@H]3C=CC4=C(CC[C@H](O)C4(C)C)[C@]3(C=O)CC[C@]12C. The van der Waals surface area contributed by atoms with Gasteiger partial charge in [-0.25, -0.2) is 0 Å². The summed E-state index contributed by atoms with van der Waals surface area (Å²) < 4.78 is 0. The van der Waals surface area contributed by atoms with Crippen molar-refractivity contribution >= 4 is 6.29 Å². The third kappa shape index (κ3) is 3.11. The summed E-state index contributed by atoms with van der Waals surface area (Å²) in [6, 6.07) is 0. The van der Waals surface area contributed by atoms with E-state index >= 15 is 0 Å². The number of carbonyl (C=O) groups is 1. The minimum atomic E-state index is -0.383. The molecule has 32 heavy (non-hydrogen) atoms. The Bertz CT molecular complexity index is 898. The fraction of sp³-hybridized carbons (Fsp3) is 0.700. The third-order valence-corrected chi connectivity index (χ3v) is 10.6. The van der Waals surface area contributed by atoms with E-state index in [1.807, 2.05) is 0 Å². The molecule has 0 aromatic rings. The molecule has 0 aliphatic heterocycles. The van der Waals surface area contributed by atoms with Gasteiger partial charge in [0.25, 0.3) is 0 Å². The van der Waals surface area contributed by atoms with Gasteiger partial charge in [0.2, 0.25) is 0 Å². The molecule has 0 saturated heterocycles. The van der Waals surface area contributed by atoms with Gasteiger partial charge in [-0.05, 0) is 86.5 Å². The topological polar surface area (TPSA) is 37.3 Å². The molecule has 0 aromatic carbocycles. The first-order valence-electron chi connectivity index (χ1n) is 12.8. The molecule has 4 rings (SSSR count). The number of rotatable bonds is 4. The molecule has 0 radical (unpaired) electrons. The van der Waals surface area contributed by atoms with E-state index in [-0.39, 0.29) is 33.7 Å². The molecule has 2 heteroatoms. The van der Waals surface area contributed by atoms with Crippen molar-refractivity contribution in [1.29, 1.82) is 0 Å². The minimum Gasteiger partial charge on any atom is -0.392 e. The molecule has 4 aliphatic carbocycles. The average Bonchev–Trinajstić information content (AvgIpc) is 3.01. The molecule has 2 fully saturated rings. The Balaban J connectivity index is 1.72. The van der Waals surface area contributed by atoms with Gasteiger partial charge in [-0.1, -0.05) is 76.1 Å². The van der Waals surface area contributed by atoms with Crippen LogP contribution in [-0.2, 0) is 4.79 Å². The van der Waals surface area contributed by atoms with Gasteiger partial charge in [-0.3, -0.25) is 0 Å². The summed E-state index contributed by atoms with van der Waals surface area (Å²) in [6.45, 7) is 16.0. The highest BCUT2D eigenvalue weighted by Crippen LogP contribution is 2.73. The Morgan fingerprint density at radius 1 is 1.09 bits per heavy atom. The van der Waals surface area contributed by atoms with Gasteiger partial charge >= 0.3 is 0 Å². The van der Waals surface area contributed by atoms with E-state index in [1.165, 1.54) is 35.8 Å². The van der Waals surface area contributed by atoms with Crippen molar-refractivity contribution in [2.45, 2.75) is 93.1 Å². The van der Waals surface area contributed by atoms with Crippen LogP contribution in [0.2, 0.25) is 0 Å². The fourth-order valence-corrected chi connectivity index (χ4v) is 8.32. The summed E-state index contributed by atoms with van der Waals surface area (Å²) in [6.07, 6.45) is 18.6. The van der Waals surface area contributed by atoms with Crippen molar-refractivity contribution in [3.05, 3.63) is 47.1 Å². The third-order valence-electron chi connectivity index (χ3n) is 10.6. The minimum absolute atomic E-state index is 0.116. The summed E-state index contributed by atoms with van der Waals surface area (Å²) in [4.78, 5) is 13.0. The van der Waals surface area contributed by atoms with Crippen LogP contribution in [0.3, 0.4) is 0 Å². The van der Waals surface area contributed by atoms with Crippen LogP contribution in [0, 0.1) is 39.4 Å². The summed E-state index contributed by atoms with van der Waals surface area (Å²) in [5.41, 5.74) is 3.59. The summed E-state index contributed by atoms with van der Waals surface area (Å²) in [5.74, 6) is 1.44. The van der Waals surface area contributed by atoms with Crippen LogP contribution in [0.4, 0.5) is 0 Å². The first-order chi connectivity index (χ1) is 14.9. The lowest BCUT2D eigenvalue weighted by atomic mass is 9.41. The second-order valence-corrected chi connectivity index (χ2v) is 12.6. The van der Waals surface area contributed by atoms with E-state index in [0.29, 0.717) is 11.8 Å². The number of aliphatic hydroxyl groups excluding tert-OH is 1. The molecular formula is C30H44O2. The second-order valence-electron chi connectivity index (χ2n) is 12.6. The van der Waals surface area contributed by atoms with Gasteiger partial charge in [0.1, 0.15) is 6.29 Å².